The summed E-state index contributed by atoms with van der Waals surface area (Å²) in [6, 6.07) is 10.2. The maximum absolute atomic E-state index is 12.0. The molecule has 1 unspecified atom stereocenters. The minimum absolute atomic E-state index is 0.106. The molecule has 5 nitrogen and oxygen atoms in total. The van der Waals surface area contributed by atoms with E-state index in [0.717, 1.165) is 24.3 Å². The third kappa shape index (κ3) is 3.24. The zero-order chi connectivity index (χ0) is 14.7. The second-order valence-corrected chi connectivity index (χ2v) is 5.45. The van der Waals surface area contributed by atoms with E-state index >= 15 is 0 Å². The number of rotatable bonds is 5. The van der Waals surface area contributed by atoms with Crippen LogP contribution in [0.5, 0.6) is 0 Å². The maximum Gasteiger partial charge on any atom is 0.220 e. The van der Waals surface area contributed by atoms with Gasteiger partial charge in [-0.3, -0.25) is 9.48 Å². The highest BCUT2D eigenvalue weighted by atomic mass is 16.1. The normalized spacial score (nSPS) is 16.3. The molecule has 0 spiro atoms. The molecule has 2 aromatic rings. The minimum atomic E-state index is 0.106. The van der Waals surface area contributed by atoms with Crippen molar-refractivity contribution in [2.24, 2.45) is 7.05 Å². The molecule has 1 aromatic heterocycles. The number of carbonyl (C=O) groups excluding carboxylic acids is 1. The van der Waals surface area contributed by atoms with E-state index in [4.69, 9.17) is 0 Å². The van der Waals surface area contributed by atoms with Crippen LogP contribution in [0.15, 0.2) is 36.5 Å². The lowest BCUT2D eigenvalue weighted by atomic mass is 9.97. The molecule has 2 heterocycles. The van der Waals surface area contributed by atoms with Gasteiger partial charge >= 0.3 is 0 Å². The second kappa shape index (κ2) is 5.99. The van der Waals surface area contributed by atoms with E-state index < -0.39 is 0 Å². The number of amides is 1. The molecule has 0 bridgehead atoms. The van der Waals surface area contributed by atoms with E-state index in [-0.39, 0.29) is 11.8 Å². The average Bonchev–Trinajstić information content (AvgIpc) is 3.06. The van der Waals surface area contributed by atoms with Crippen molar-refractivity contribution in [1.29, 1.82) is 0 Å². The molecule has 2 N–H and O–H groups in total. The first-order valence-electron chi connectivity index (χ1n) is 7.30. The van der Waals surface area contributed by atoms with Crippen LogP contribution in [0.3, 0.4) is 0 Å². The fourth-order valence-corrected chi connectivity index (χ4v) is 2.76. The van der Waals surface area contributed by atoms with Crippen LogP contribution in [-0.2, 0) is 18.3 Å². The Balaban J connectivity index is 1.47. The third-order valence-corrected chi connectivity index (χ3v) is 3.84. The van der Waals surface area contributed by atoms with Crippen LogP contribution in [0.2, 0.25) is 0 Å². The Morgan fingerprint density at radius 1 is 1.43 bits per heavy atom. The first-order valence-corrected chi connectivity index (χ1v) is 7.30. The molecular formula is C16H20N4O. The summed E-state index contributed by atoms with van der Waals surface area (Å²) < 4.78 is 1.78. The third-order valence-electron chi connectivity index (χ3n) is 3.84. The van der Waals surface area contributed by atoms with Gasteiger partial charge in [0.2, 0.25) is 5.91 Å². The molecule has 0 fully saturated rings. The molecule has 1 aromatic carbocycles. The summed E-state index contributed by atoms with van der Waals surface area (Å²) in [5.41, 5.74) is 3.41. The van der Waals surface area contributed by atoms with Crippen molar-refractivity contribution in [2.75, 3.05) is 18.4 Å². The smallest absolute Gasteiger partial charge is 0.220 e. The van der Waals surface area contributed by atoms with Gasteiger partial charge in [0.05, 0.1) is 5.69 Å². The van der Waals surface area contributed by atoms with Crippen LogP contribution in [0.25, 0.3) is 0 Å². The van der Waals surface area contributed by atoms with Gasteiger partial charge in [0, 0.05) is 50.8 Å². The Morgan fingerprint density at radius 3 is 3.10 bits per heavy atom. The van der Waals surface area contributed by atoms with Crippen molar-refractivity contribution in [3.8, 4) is 0 Å². The van der Waals surface area contributed by atoms with Gasteiger partial charge in [0.15, 0.2) is 0 Å². The highest BCUT2D eigenvalue weighted by Gasteiger charge is 2.23. The summed E-state index contributed by atoms with van der Waals surface area (Å²) in [5, 5.41) is 10.6. The number of nitrogens with one attached hydrogen (secondary N) is 2. The van der Waals surface area contributed by atoms with Crippen LogP contribution >= 0.6 is 0 Å². The number of para-hydroxylation sites is 1. The Hall–Kier alpha value is -2.30. The van der Waals surface area contributed by atoms with E-state index in [2.05, 4.69) is 27.9 Å². The van der Waals surface area contributed by atoms with Crippen LogP contribution in [0, 0.1) is 0 Å². The Bertz CT molecular complexity index is 635. The largest absolute Gasteiger partial charge is 0.384 e. The van der Waals surface area contributed by atoms with E-state index in [1.807, 2.05) is 31.4 Å². The van der Waals surface area contributed by atoms with Gasteiger partial charge in [-0.25, -0.2) is 0 Å². The van der Waals surface area contributed by atoms with E-state index in [0.29, 0.717) is 13.0 Å². The molecule has 5 heteroatoms. The van der Waals surface area contributed by atoms with Crippen LogP contribution in [0.4, 0.5) is 5.69 Å². The van der Waals surface area contributed by atoms with Crippen molar-refractivity contribution in [1.82, 2.24) is 15.1 Å². The lowest BCUT2D eigenvalue weighted by Gasteiger charge is -2.10. The molecule has 0 aliphatic carbocycles. The Morgan fingerprint density at radius 2 is 2.29 bits per heavy atom. The SMILES string of the molecule is Cn1ccc(CCNC(=O)CC2CNc3ccccc32)n1. The lowest BCUT2D eigenvalue weighted by molar-refractivity contribution is -0.121. The van der Waals surface area contributed by atoms with Gasteiger partial charge in [-0.1, -0.05) is 18.2 Å². The standard InChI is InChI=1S/C16H20N4O/c1-20-9-7-13(19-20)6-8-17-16(21)10-12-11-18-15-5-3-2-4-14(12)15/h2-5,7,9,12,18H,6,8,10-11H2,1H3,(H,17,21). The van der Waals surface area contributed by atoms with Gasteiger partial charge in [-0.15, -0.1) is 0 Å². The van der Waals surface area contributed by atoms with E-state index in [1.54, 1.807) is 4.68 Å². The number of aryl methyl sites for hydroxylation is 1. The fraction of sp³-hybridized carbons (Fsp3) is 0.375. The Labute approximate surface area is 124 Å². The fourth-order valence-electron chi connectivity index (χ4n) is 2.76. The second-order valence-electron chi connectivity index (χ2n) is 5.45. The van der Waals surface area contributed by atoms with Gasteiger partial charge < -0.3 is 10.6 Å². The average molecular weight is 284 g/mol. The molecule has 1 atom stereocenters. The molecule has 1 aliphatic heterocycles. The molecule has 0 saturated carbocycles. The monoisotopic (exact) mass is 284 g/mol. The van der Waals surface area contributed by atoms with Crippen molar-refractivity contribution in [3.63, 3.8) is 0 Å². The van der Waals surface area contributed by atoms with Gasteiger partial charge in [0.25, 0.3) is 0 Å². The summed E-state index contributed by atoms with van der Waals surface area (Å²) in [6.45, 7) is 1.48. The summed E-state index contributed by atoms with van der Waals surface area (Å²) >= 11 is 0. The highest BCUT2D eigenvalue weighted by molar-refractivity contribution is 5.78. The topological polar surface area (TPSA) is 59.0 Å². The predicted molar refractivity (Wildman–Crippen MR) is 82.2 cm³/mol. The zero-order valence-electron chi connectivity index (χ0n) is 12.2. The summed E-state index contributed by atoms with van der Waals surface area (Å²) in [5.74, 6) is 0.380. The summed E-state index contributed by atoms with van der Waals surface area (Å²) in [7, 11) is 1.90. The number of hydrogen-bond donors (Lipinski definition) is 2. The van der Waals surface area contributed by atoms with Gasteiger partial charge in [-0.05, 0) is 17.7 Å². The number of anilines is 1. The van der Waals surface area contributed by atoms with Crippen LogP contribution in [-0.4, -0.2) is 28.8 Å². The van der Waals surface area contributed by atoms with Crippen molar-refractivity contribution in [2.45, 2.75) is 18.8 Å². The summed E-state index contributed by atoms with van der Waals surface area (Å²) in [4.78, 5) is 12.0. The van der Waals surface area contributed by atoms with Gasteiger partial charge in [-0.2, -0.15) is 5.10 Å². The molecule has 21 heavy (non-hydrogen) atoms. The molecule has 110 valence electrons. The quantitative estimate of drug-likeness (QED) is 0.878. The molecule has 1 amide bonds. The van der Waals surface area contributed by atoms with Gasteiger partial charge in [0.1, 0.15) is 0 Å². The van der Waals surface area contributed by atoms with Crippen molar-refractivity contribution < 1.29 is 4.79 Å². The molecule has 0 radical (unpaired) electrons. The number of carbonyl (C=O) groups is 1. The van der Waals surface area contributed by atoms with E-state index in [1.165, 1.54) is 5.56 Å². The molecule has 1 aliphatic rings. The maximum atomic E-state index is 12.0. The lowest BCUT2D eigenvalue weighted by Crippen LogP contribution is -2.27. The first-order chi connectivity index (χ1) is 10.2. The zero-order valence-corrected chi connectivity index (χ0v) is 12.2. The molecule has 0 saturated heterocycles. The van der Waals surface area contributed by atoms with Crippen molar-refractivity contribution in [3.05, 3.63) is 47.8 Å². The number of aromatic nitrogens is 2. The van der Waals surface area contributed by atoms with E-state index in [9.17, 15) is 4.79 Å². The summed E-state index contributed by atoms with van der Waals surface area (Å²) in [6.07, 6.45) is 3.22. The number of fused-ring (bicyclic) bond motifs is 1. The first kappa shape index (κ1) is 13.7. The minimum Gasteiger partial charge on any atom is -0.384 e. The Kier molecular flexibility index (Phi) is 3.90. The van der Waals surface area contributed by atoms with Crippen LogP contribution < -0.4 is 10.6 Å². The molecular weight excluding hydrogens is 264 g/mol. The number of benzene rings is 1. The van der Waals surface area contributed by atoms with Crippen molar-refractivity contribution >= 4 is 11.6 Å². The van der Waals surface area contributed by atoms with Crippen LogP contribution in [0.1, 0.15) is 23.6 Å². The number of nitrogens with zero attached hydrogens (tertiary/aromatic N) is 2. The number of hydrogen-bond acceptors (Lipinski definition) is 3. The highest BCUT2D eigenvalue weighted by Crippen LogP contribution is 2.32. The predicted octanol–water partition coefficient (Wildman–Crippen LogP) is 1.68. The molecule has 3 rings (SSSR count).